The van der Waals surface area contributed by atoms with E-state index >= 15 is 0 Å². The Balaban J connectivity index is 1.82. The molecule has 2 heterocycles. The van der Waals surface area contributed by atoms with Crippen LogP contribution in [0.5, 0.6) is 0 Å². The Morgan fingerprint density at radius 2 is 1.72 bits per heavy atom. The molecule has 5 nitrogen and oxygen atoms in total. The Labute approximate surface area is 165 Å². The summed E-state index contributed by atoms with van der Waals surface area (Å²) in [6.45, 7) is -0.247. The molecule has 0 saturated heterocycles. The van der Waals surface area contributed by atoms with E-state index in [0.29, 0.717) is 6.07 Å². The zero-order chi connectivity index (χ0) is 20.6. The predicted molar refractivity (Wildman–Crippen MR) is 96.8 cm³/mol. The Kier molecular flexibility index (Phi) is 4.89. The van der Waals surface area contributed by atoms with Crippen LogP contribution in [-0.2, 0) is 12.1 Å². The van der Waals surface area contributed by atoms with E-state index in [1.165, 1.54) is 29.6 Å². The van der Waals surface area contributed by atoms with Gasteiger partial charge in [-0.25, -0.2) is 32.2 Å². The van der Waals surface area contributed by atoms with Crippen molar-refractivity contribution in [2.45, 2.75) is 12.1 Å². The summed E-state index contributed by atoms with van der Waals surface area (Å²) in [7, 11) is 0. The summed E-state index contributed by atoms with van der Waals surface area (Å²) in [5.41, 5.74) is -2.16. The largest absolute Gasteiger partial charge is 0.377 e. The number of hydrogen-bond donors (Lipinski definition) is 1. The molecule has 0 saturated carbocycles. The van der Waals surface area contributed by atoms with E-state index in [2.05, 4.69) is 15.1 Å². The summed E-state index contributed by atoms with van der Waals surface area (Å²) < 4.78 is 56.5. The minimum absolute atomic E-state index is 0.0327. The number of aliphatic hydroxyl groups is 1. The predicted octanol–water partition coefficient (Wildman–Crippen LogP) is 3.89. The van der Waals surface area contributed by atoms with Crippen molar-refractivity contribution in [1.82, 2.24) is 19.7 Å². The fourth-order valence-corrected chi connectivity index (χ4v) is 3.96. The van der Waals surface area contributed by atoms with Crippen LogP contribution >= 0.6 is 11.3 Å². The number of thiazole rings is 1. The van der Waals surface area contributed by atoms with Gasteiger partial charge in [0.25, 0.3) is 0 Å². The third-order valence-electron chi connectivity index (χ3n) is 4.31. The molecule has 0 radical (unpaired) electrons. The van der Waals surface area contributed by atoms with Gasteiger partial charge in [0.05, 0.1) is 11.4 Å². The number of hydrogen-bond acceptors (Lipinski definition) is 5. The van der Waals surface area contributed by atoms with Gasteiger partial charge in [-0.1, -0.05) is 0 Å². The van der Waals surface area contributed by atoms with Crippen LogP contribution in [0.4, 0.5) is 17.6 Å². The maximum Gasteiger partial charge on any atom is 0.148 e. The molecule has 0 amide bonds. The van der Waals surface area contributed by atoms with Crippen LogP contribution in [0.1, 0.15) is 10.4 Å². The van der Waals surface area contributed by atoms with Crippen molar-refractivity contribution in [2.24, 2.45) is 0 Å². The molecular weight excluding hydrogens is 408 g/mol. The van der Waals surface area contributed by atoms with Crippen LogP contribution < -0.4 is 0 Å². The highest BCUT2D eigenvalue weighted by molar-refractivity contribution is 7.15. The van der Waals surface area contributed by atoms with Gasteiger partial charge in [-0.05, 0) is 24.3 Å². The molecule has 0 aliphatic heterocycles. The van der Waals surface area contributed by atoms with E-state index in [-0.39, 0.29) is 27.6 Å². The maximum atomic E-state index is 14.5. The molecule has 10 heteroatoms. The molecule has 0 aliphatic rings. The maximum absolute atomic E-state index is 14.5. The first-order valence-corrected chi connectivity index (χ1v) is 9.10. The Bertz CT molecular complexity index is 1160. The van der Waals surface area contributed by atoms with Crippen LogP contribution in [0.3, 0.4) is 0 Å². The second-order valence-corrected chi connectivity index (χ2v) is 7.26. The normalized spacial score (nSPS) is 13.4. The molecule has 2 aromatic heterocycles. The lowest BCUT2D eigenvalue weighted by Crippen LogP contribution is -2.33. The van der Waals surface area contributed by atoms with Crippen molar-refractivity contribution in [3.8, 4) is 10.6 Å². The van der Waals surface area contributed by atoms with Gasteiger partial charge >= 0.3 is 0 Å². The van der Waals surface area contributed by atoms with Crippen molar-refractivity contribution >= 4 is 11.3 Å². The van der Waals surface area contributed by atoms with Gasteiger partial charge in [0.1, 0.15) is 46.5 Å². The first kappa shape index (κ1) is 19.2. The summed E-state index contributed by atoms with van der Waals surface area (Å²) in [6, 6.07) is 5.83. The van der Waals surface area contributed by atoms with Gasteiger partial charge in [0.2, 0.25) is 0 Å². The molecule has 4 rings (SSSR count). The van der Waals surface area contributed by atoms with Crippen molar-refractivity contribution in [2.75, 3.05) is 0 Å². The number of halogens is 4. The third-order valence-corrected chi connectivity index (χ3v) is 5.49. The Morgan fingerprint density at radius 1 is 1.00 bits per heavy atom. The molecule has 1 N–H and O–H groups in total. The molecule has 148 valence electrons. The summed E-state index contributed by atoms with van der Waals surface area (Å²) in [6.07, 6.45) is 3.84. The minimum Gasteiger partial charge on any atom is -0.377 e. The average molecular weight is 420 g/mol. The molecule has 4 aromatic rings. The first-order chi connectivity index (χ1) is 13.9. The fourth-order valence-electron chi connectivity index (χ4n) is 2.92. The Hall–Kier alpha value is -3.11. The minimum atomic E-state index is -1.99. The summed E-state index contributed by atoms with van der Waals surface area (Å²) in [4.78, 5) is 8.06. The Morgan fingerprint density at radius 3 is 2.38 bits per heavy atom. The number of benzene rings is 2. The smallest absolute Gasteiger partial charge is 0.148 e. The highest BCUT2D eigenvalue weighted by atomic mass is 32.1. The van der Waals surface area contributed by atoms with E-state index in [4.69, 9.17) is 0 Å². The molecule has 0 aliphatic carbocycles. The van der Waals surface area contributed by atoms with E-state index in [1.54, 1.807) is 0 Å². The van der Waals surface area contributed by atoms with Crippen LogP contribution in [0, 0.1) is 23.3 Å². The van der Waals surface area contributed by atoms with E-state index in [1.807, 2.05) is 0 Å². The van der Waals surface area contributed by atoms with Crippen molar-refractivity contribution in [3.63, 3.8) is 0 Å². The standard InChI is InChI=1S/C19H12F4N4OS/c20-11-1-3-13(15(22)5-11)18-25-7-17(29-18)19(28,8-27-10-24-9-26-27)14-4-2-12(21)6-16(14)23/h1-7,9-10,28H,8H2. The lowest BCUT2D eigenvalue weighted by atomic mass is 9.92. The van der Waals surface area contributed by atoms with Gasteiger partial charge in [0.15, 0.2) is 0 Å². The zero-order valence-electron chi connectivity index (χ0n) is 14.6. The lowest BCUT2D eigenvalue weighted by molar-refractivity contribution is 0.0569. The molecule has 1 unspecified atom stereocenters. The third kappa shape index (κ3) is 3.64. The highest BCUT2D eigenvalue weighted by Gasteiger charge is 2.37. The average Bonchev–Trinajstić information content (AvgIpc) is 3.33. The number of aromatic nitrogens is 4. The van der Waals surface area contributed by atoms with E-state index < -0.39 is 28.9 Å². The molecule has 0 bridgehead atoms. The number of rotatable bonds is 5. The van der Waals surface area contributed by atoms with Crippen molar-refractivity contribution in [1.29, 1.82) is 0 Å². The van der Waals surface area contributed by atoms with E-state index in [0.717, 1.165) is 35.6 Å². The second-order valence-electron chi connectivity index (χ2n) is 6.23. The fraction of sp³-hybridized carbons (Fsp3) is 0.105. The van der Waals surface area contributed by atoms with Crippen molar-refractivity contribution in [3.05, 3.63) is 89.0 Å². The van der Waals surface area contributed by atoms with Crippen LogP contribution in [0.15, 0.2) is 55.2 Å². The van der Waals surface area contributed by atoms with Crippen LogP contribution in [0.2, 0.25) is 0 Å². The van der Waals surface area contributed by atoms with Gasteiger partial charge in [-0.2, -0.15) is 5.10 Å². The first-order valence-electron chi connectivity index (χ1n) is 8.29. The second kappa shape index (κ2) is 7.37. The highest BCUT2D eigenvalue weighted by Crippen LogP contribution is 2.39. The molecule has 0 fully saturated rings. The molecular formula is C19H12F4N4OS. The van der Waals surface area contributed by atoms with Gasteiger partial charge in [0, 0.05) is 29.5 Å². The quantitative estimate of drug-likeness (QED) is 0.498. The molecule has 0 spiro atoms. The lowest BCUT2D eigenvalue weighted by Gasteiger charge is -2.27. The topological polar surface area (TPSA) is 63.8 Å². The summed E-state index contributed by atoms with van der Waals surface area (Å²) in [5, 5.41) is 15.5. The monoisotopic (exact) mass is 420 g/mol. The molecule has 1 atom stereocenters. The van der Waals surface area contributed by atoms with Gasteiger partial charge in [-0.3, -0.25) is 0 Å². The van der Waals surface area contributed by atoms with Gasteiger partial charge in [-0.15, -0.1) is 11.3 Å². The van der Waals surface area contributed by atoms with E-state index in [9.17, 15) is 22.7 Å². The zero-order valence-corrected chi connectivity index (χ0v) is 15.4. The SMILES string of the molecule is OC(Cn1cncn1)(c1cnc(-c2ccc(F)cc2F)s1)c1ccc(F)cc1F. The molecule has 29 heavy (non-hydrogen) atoms. The molecule has 2 aromatic carbocycles. The van der Waals surface area contributed by atoms with Gasteiger partial charge < -0.3 is 5.11 Å². The van der Waals surface area contributed by atoms with Crippen LogP contribution in [-0.4, -0.2) is 24.9 Å². The van der Waals surface area contributed by atoms with Crippen LogP contribution in [0.25, 0.3) is 10.6 Å². The summed E-state index contributed by atoms with van der Waals surface area (Å²) in [5.74, 6) is -3.32. The number of nitrogens with zero attached hydrogens (tertiary/aromatic N) is 4. The van der Waals surface area contributed by atoms with Crippen molar-refractivity contribution < 1.29 is 22.7 Å². The summed E-state index contributed by atoms with van der Waals surface area (Å²) >= 11 is 0.897.